The molecule has 98 valence electrons. The number of aliphatic carboxylic acids is 1. The fraction of sp³-hybridized carbons (Fsp3) is 0.364. The lowest BCUT2D eigenvalue weighted by molar-refractivity contribution is -0.141. The second-order valence-corrected chi connectivity index (χ2v) is 4.91. The van der Waals surface area contributed by atoms with Gasteiger partial charge in [-0.3, -0.25) is 4.79 Å². The molecule has 2 unspecified atom stereocenters. The molecule has 2 atom stereocenters. The van der Waals surface area contributed by atoms with Crippen LogP contribution in [0.2, 0.25) is 0 Å². The average Bonchev–Trinajstić information content (AvgIpc) is 2.75. The summed E-state index contributed by atoms with van der Waals surface area (Å²) in [7, 11) is 0. The molecule has 1 aliphatic rings. The lowest BCUT2D eigenvalue weighted by atomic mass is 9.99. The summed E-state index contributed by atoms with van der Waals surface area (Å²) in [5.41, 5.74) is -0.327. The van der Waals surface area contributed by atoms with Gasteiger partial charge in [0.1, 0.15) is 17.5 Å². The van der Waals surface area contributed by atoms with Crippen LogP contribution in [0.5, 0.6) is 0 Å². The summed E-state index contributed by atoms with van der Waals surface area (Å²) >= 11 is 2.69. The monoisotopic (exact) mass is 323 g/mol. The number of carboxylic acids is 1. The Kier molecular flexibility index (Phi) is 3.63. The first-order valence-corrected chi connectivity index (χ1v) is 6.00. The van der Waals surface area contributed by atoms with Crippen molar-refractivity contribution >= 4 is 21.9 Å². The van der Waals surface area contributed by atoms with Crippen LogP contribution in [0.25, 0.3) is 0 Å². The molecule has 18 heavy (non-hydrogen) atoms. The van der Waals surface area contributed by atoms with Crippen molar-refractivity contribution in [3.63, 3.8) is 0 Å². The third-order valence-electron chi connectivity index (χ3n) is 2.98. The molecule has 0 aliphatic carbocycles. The highest BCUT2D eigenvalue weighted by atomic mass is 79.9. The topological polar surface area (TPSA) is 49.3 Å². The minimum atomic E-state index is -1.03. The molecule has 0 aromatic heterocycles. The minimum Gasteiger partial charge on any atom is -0.481 e. The van der Waals surface area contributed by atoms with Crippen LogP contribution in [0.4, 0.5) is 13.2 Å². The Labute approximate surface area is 109 Å². The van der Waals surface area contributed by atoms with Gasteiger partial charge in [-0.05, 0) is 22.4 Å². The Morgan fingerprint density at radius 1 is 1.39 bits per heavy atom. The maximum atomic E-state index is 13.8. The molecule has 1 heterocycles. The zero-order chi connectivity index (χ0) is 13.4. The second kappa shape index (κ2) is 4.89. The summed E-state index contributed by atoms with van der Waals surface area (Å²) in [4.78, 5) is 10.8. The summed E-state index contributed by atoms with van der Waals surface area (Å²) in [5.74, 6) is -4.79. The first kappa shape index (κ1) is 13.4. The second-order valence-electron chi connectivity index (χ2n) is 4.11. The van der Waals surface area contributed by atoms with Gasteiger partial charge in [0.05, 0.1) is 10.4 Å². The largest absolute Gasteiger partial charge is 0.481 e. The third kappa shape index (κ3) is 2.24. The number of halogens is 4. The molecule has 1 aromatic carbocycles. The fourth-order valence-corrected chi connectivity index (χ4v) is 2.37. The molecule has 0 spiro atoms. The Morgan fingerprint density at radius 3 is 2.61 bits per heavy atom. The van der Waals surface area contributed by atoms with Crippen LogP contribution >= 0.6 is 15.9 Å². The van der Waals surface area contributed by atoms with Crippen LogP contribution in [-0.4, -0.2) is 17.6 Å². The van der Waals surface area contributed by atoms with Crippen LogP contribution in [0.3, 0.4) is 0 Å². The van der Waals surface area contributed by atoms with Gasteiger partial charge in [0, 0.05) is 24.2 Å². The summed E-state index contributed by atoms with van der Waals surface area (Å²) in [6, 6.07) is -0.179. The summed E-state index contributed by atoms with van der Waals surface area (Å²) < 4.78 is 40.0. The van der Waals surface area contributed by atoms with E-state index in [9.17, 15) is 18.0 Å². The molecule has 1 saturated heterocycles. The van der Waals surface area contributed by atoms with E-state index in [1.165, 1.54) is 0 Å². The predicted octanol–water partition coefficient (Wildman–Crippen LogP) is 2.60. The fourth-order valence-electron chi connectivity index (χ4n) is 2.04. The molecule has 2 rings (SSSR count). The molecule has 2 N–H and O–H groups in total. The van der Waals surface area contributed by atoms with Gasteiger partial charge in [-0.2, -0.15) is 0 Å². The molecular weight excluding hydrogens is 315 g/mol. The first-order valence-electron chi connectivity index (χ1n) is 5.21. The number of hydrogen-bond acceptors (Lipinski definition) is 2. The van der Waals surface area contributed by atoms with E-state index in [4.69, 9.17) is 5.11 Å². The number of benzene rings is 1. The number of nitrogens with one attached hydrogen (secondary N) is 1. The Hall–Kier alpha value is -1.08. The molecule has 0 bridgehead atoms. The highest BCUT2D eigenvalue weighted by molar-refractivity contribution is 9.10. The van der Waals surface area contributed by atoms with Crippen LogP contribution < -0.4 is 5.32 Å². The number of rotatable bonds is 2. The van der Waals surface area contributed by atoms with Gasteiger partial charge < -0.3 is 10.4 Å². The van der Waals surface area contributed by atoms with E-state index in [1.54, 1.807) is 0 Å². The number of carbonyl (C=O) groups is 1. The van der Waals surface area contributed by atoms with Crippen molar-refractivity contribution < 1.29 is 23.1 Å². The molecular formula is C11H9BrF3NO2. The molecule has 7 heteroatoms. The summed E-state index contributed by atoms with van der Waals surface area (Å²) in [6.07, 6.45) is 0.0707. The lowest BCUT2D eigenvalue weighted by Crippen LogP contribution is -2.18. The maximum absolute atomic E-state index is 13.8. The first-order chi connectivity index (χ1) is 8.41. The number of carboxylic acid groups (broad SMARTS) is 1. The lowest BCUT2D eigenvalue weighted by Gasteiger charge is -2.14. The standard InChI is InChI=1S/C11H9BrF3NO2/c12-9-6(14)2-5(13)8(10(9)15)7-1-4(3-16-7)11(17)18/h2,4,7,16H,1,3H2,(H,17,18). The highest BCUT2D eigenvalue weighted by Gasteiger charge is 2.34. The third-order valence-corrected chi connectivity index (χ3v) is 3.71. The molecule has 1 fully saturated rings. The van der Waals surface area contributed by atoms with E-state index in [1.807, 2.05) is 0 Å². The Balaban J connectivity index is 2.36. The minimum absolute atomic E-state index is 0.0707. The van der Waals surface area contributed by atoms with Gasteiger partial charge in [-0.25, -0.2) is 13.2 Å². The predicted molar refractivity (Wildman–Crippen MR) is 60.5 cm³/mol. The van der Waals surface area contributed by atoms with Crippen molar-refractivity contribution in [3.05, 3.63) is 33.6 Å². The van der Waals surface area contributed by atoms with E-state index in [0.29, 0.717) is 6.07 Å². The van der Waals surface area contributed by atoms with Gasteiger partial charge in [0.15, 0.2) is 0 Å². The molecule has 0 saturated carbocycles. The van der Waals surface area contributed by atoms with Gasteiger partial charge in [0.2, 0.25) is 0 Å². The Morgan fingerprint density at radius 2 is 2.06 bits per heavy atom. The summed E-state index contributed by atoms with van der Waals surface area (Å²) in [6.45, 7) is 0.133. The van der Waals surface area contributed by atoms with E-state index < -0.39 is 39.9 Å². The normalized spacial score (nSPS) is 23.3. The van der Waals surface area contributed by atoms with E-state index in [2.05, 4.69) is 21.2 Å². The zero-order valence-electron chi connectivity index (χ0n) is 9.01. The smallest absolute Gasteiger partial charge is 0.307 e. The van der Waals surface area contributed by atoms with Crippen molar-refractivity contribution in [2.45, 2.75) is 12.5 Å². The van der Waals surface area contributed by atoms with Crippen molar-refractivity contribution in [1.29, 1.82) is 0 Å². The van der Waals surface area contributed by atoms with E-state index >= 15 is 0 Å². The molecule has 0 radical (unpaired) electrons. The van der Waals surface area contributed by atoms with E-state index in [-0.39, 0.29) is 18.5 Å². The molecule has 1 aromatic rings. The molecule has 3 nitrogen and oxygen atoms in total. The van der Waals surface area contributed by atoms with Crippen LogP contribution in [-0.2, 0) is 4.79 Å². The molecule has 1 aliphatic heterocycles. The number of hydrogen-bond donors (Lipinski definition) is 2. The van der Waals surface area contributed by atoms with Gasteiger partial charge >= 0.3 is 5.97 Å². The SMILES string of the molecule is O=C(O)C1CNC(c2c(F)cc(F)c(Br)c2F)C1. The zero-order valence-corrected chi connectivity index (χ0v) is 10.6. The van der Waals surface area contributed by atoms with Crippen molar-refractivity contribution in [3.8, 4) is 0 Å². The van der Waals surface area contributed by atoms with Gasteiger partial charge in [0.25, 0.3) is 0 Å². The van der Waals surface area contributed by atoms with Crippen molar-refractivity contribution in [2.24, 2.45) is 5.92 Å². The van der Waals surface area contributed by atoms with Crippen LogP contribution in [0, 0.1) is 23.4 Å². The molecule has 0 amide bonds. The Bertz CT molecular complexity index is 510. The van der Waals surface area contributed by atoms with Crippen molar-refractivity contribution in [2.75, 3.05) is 6.54 Å². The summed E-state index contributed by atoms with van der Waals surface area (Å²) in [5, 5.41) is 11.5. The van der Waals surface area contributed by atoms with Gasteiger partial charge in [-0.1, -0.05) is 0 Å². The van der Waals surface area contributed by atoms with E-state index in [0.717, 1.165) is 0 Å². The average molecular weight is 324 g/mol. The van der Waals surface area contributed by atoms with Crippen LogP contribution in [0.15, 0.2) is 10.5 Å². The van der Waals surface area contributed by atoms with Crippen molar-refractivity contribution in [1.82, 2.24) is 5.32 Å². The maximum Gasteiger partial charge on any atom is 0.307 e. The quantitative estimate of drug-likeness (QED) is 0.649. The van der Waals surface area contributed by atoms with Gasteiger partial charge in [-0.15, -0.1) is 0 Å². The highest BCUT2D eigenvalue weighted by Crippen LogP contribution is 2.34. The van der Waals surface area contributed by atoms with Crippen LogP contribution in [0.1, 0.15) is 18.0 Å².